The number of nitrogens with zero attached hydrogens (tertiary/aromatic N) is 3. The molecule has 0 spiro atoms. The number of carbonyl (C=O) groups excluding carboxylic acids is 1. The van der Waals surface area contributed by atoms with E-state index in [2.05, 4.69) is 12.0 Å². The smallest absolute Gasteiger partial charge is 0.223 e. The number of hydrogen-bond donors (Lipinski definition) is 1. The lowest BCUT2D eigenvalue weighted by Gasteiger charge is -2.25. The third-order valence-electron chi connectivity index (χ3n) is 5.13. The van der Waals surface area contributed by atoms with Gasteiger partial charge in [-0.2, -0.15) is 5.10 Å². The number of likely N-dealkylation sites (tertiary alicyclic amines) is 1. The zero-order chi connectivity index (χ0) is 17.3. The Balaban J connectivity index is 1.73. The van der Waals surface area contributed by atoms with Gasteiger partial charge in [-0.3, -0.25) is 9.48 Å². The number of benzene rings is 1. The van der Waals surface area contributed by atoms with E-state index < -0.39 is 0 Å². The molecule has 2 aromatic rings. The summed E-state index contributed by atoms with van der Waals surface area (Å²) < 4.78 is 1.91. The van der Waals surface area contributed by atoms with Crippen LogP contribution in [0.25, 0.3) is 0 Å². The van der Waals surface area contributed by atoms with E-state index in [4.69, 9.17) is 5.73 Å². The number of nitrogens with two attached hydrogens (primary N) is 1. The fourth-order valence-electron chi connectivity index (χ4n) is 3.78. The van der Waals surface area contributed by atoms with Crippen LogP contribution in [0.3, 0.4) is 0 Å². The second-order valence-corrected chi connectivity index (χ2v) is 6.65. The molecular formula is C19H26N4O. The van der Waals surface area contributed by atoms with E-state index in [0.29, 0.717) is 12.8 Å². The Bertz CT molecular complexity index is 750. The van der Waals surface area contributed by atoms with Crippen molar-refractivity contribution in [3.8, 4) is 0 Å². The molecule has 1 aromatic heterocycles. The fraction of sp³-hybridized carbons (Fsp3) is 0.474. The van der Waals surface area contributed by atoms with Crippen molar-refractivity contribution < 1.29 is 4.79 Å². The molecule has 0 bridgehead atoms. The Morgan fingerprint density at radius 1 is 1.33 bits per heavy atom. The highest BCUT2D eigenvalue weighted by Crippen LogP contribution is 2.35. The Labute approximate surface area is 143 Å². The molecule has 5 heteroatoms. The third kappa shape index (κ3) is 3.03. The molecule has 1 fully saturated rings. The predicted molar refractivity (Wildman–Crippen MR) is 95.5 cm³/mol. The zero-order valence-corrected chi connectivity index (χ0v) is 14.7. The standard InChI is InChI=1S/C19H26N4O/c1-13-19(14(2)22(3)21-13)17-9-6-12-23(17)18(24)11-10-15-7-4-5-8-16(15)20/h4-5,7-8,17H,6,9-12,20H2,1-3H3. The van der Waals surface area contributed by atoms with Gasteiger partial charge in [0.15, 0.2) is 0 Å². The third-order valence-corrected chi connectivity index (χ3v) is 5.13. The normalized spacial score (nSPS) is 17.5. The maximum atomic E-state index is 12.8. The van der Waals surface area contributed by atoms with Gasteiger partial charge in [-0.1, -0.05) is 18.2 Å². The van der Waals surface area contributed by atoms with Crippen LogP contribution in [-0.2, 0) is 18.3 Å². The highest BCUT2D eigenvalue weighted by Gasteiger charge is 2.33. The average Bonchev–Trinajstić information content (AvgIpc) is 3.11. The number of aromatic nitrogens is 2. The van der Waals surface area contributed by atoms with Crippen LogP contribution in [-0.4, -0.2) is 27.1 Å². The van der Waals surface area contributed by atoms with Crippen molar-refractivity contribution >= 4 is 11.6 Å². The number of amides is 1. The molecule has 0 aliphatic carbocycles. The number of aryl methyl sites for hydroxylation is 3. The molecule has 0 radical (unpaired) electrons. The number of para-hydroxylation sites is 1. The van der Waals surface area contributed by atoms with E-state index in [1.54, 1.807) is 0 Å². The number of hydrogen-bond acceptors (Lipinski definition) is 3. The second-order valence-electron chi connectivity index (χ2n) is 6.65. The Morgan fingerprint density at radius 3 is 2.75 bits per heavy atom. The van der Waals surface area contributed by atoms with Gasteiger partial charge in [-0.05, 0) is 44.7 Å². The molecule has 1 atom stereocenters. The first-order chi connectivity index (χ1) is 11.5. The van der Waals surface area contributed by atoms with Gasteiger partial charge >= 0.3 is 0 Å². The molecular weight excluding hydrogens is 300 g/mol. The van der Waals surface area contributed by atoms with Crippen molar-refractivity contribution in [3.63, 3.8) is 0 Å². The molecule has 2 N–H and O–H groups in total. The molecule has 1 aromatic carbocycles. The summed E-state index contributed by atoms with van der Waals surface area (Å²) in [5, 5.41) is 4.52. The van der Waals surface area contributed by atoms with Crippen LogP contribution in [0, 0.1) is 13.8 Å². The van der Waals surface area contributed by atoms with Crippen LogP contribution in [0.4, 0.5) is 5.69 Å². The molecule has 5 nitrogen and oxygen atoms in total. The average molecular weight is 326 g/mol. The molecule has 1 unspecified atom stereocenters. The molecule has 128 valence electrons. The van der Waals surface area contributed by atoms with Crippen molar-refractivity contribution in [2.24, 2.45) is 7.05 Å². The molecule has 0 saturated carbocycles. The van der Waals surface area contributed by atoms with Gasteiger partial charge < -0.3 is 10.6 Å². The van der Waals surface area contributed by atoms with E-state index >= 15 is 0 Å². The molecule has 1 saturated heterocycles. The van der Waals surface area contributed by atoms with E-state index in [1.807, 2.05) is 47.8 Å². The number of nitrogen functional groups attached to an aromatic ring is 1. The second kappa shape index (κ2) is 6.67. The van der Waals surface area contributed by atoms with Crippen LogP contribution in [0.15, 0.2) is 24.3 Å². The molecule has 1 aliphatic rings. The van der Waals surface area contributed by atoms with Crippen LogP contribution >= 0.6 is 0 Å². The topological polar surface area (TPSA) is 64.2 Å². The van der Waals surface area contributed by atoms with Crippen molar-refractivity contribution in [1.29, 1.82) is 0 Å². The number of carbonyl (C=O) groups is 1. The minimum Gasteiger partial charge on any atom is -0.399 e. The van der Waals surface area contributed by atoms with Crippen molar-refractivity contribution in [2.45, 2.75) is 45.6 Å². The van der Waals surface area contributed by atoms with E-state index in [-0.39, 0.29) is 11.9 Å². The van der Waals surface area contributed by atoms with Crippen molar-refractivity contribution in [1.82, 2.24) is 14.7 Å². The van der Waals surface area contributed by atoms with E-state index in [0.717, 1.165) is 42.0 Å². The lowest BCUT2D eigenvalue weighted by atomic mass is 10.0. The minimum absolute atomic E-state index is 0.166. The van der Waals surface area contributed by atoms with Gasteiger partial charge in [0.05, 0.1) is 11.7 Å². The lowest BCUT2D eigenvalue weighted by molar-refractivity contribution is -0.132. The summed E-state index contributed by atoms with van der Waals surface area (Å²) in [7, 11) is 1.96. The van der Waals surface area contributed by atoms with Crippen molar-refractivity contribution in [2.75, 3.05) is 12.3 Å². The predicted octanol–water partition coefficient (Wildman–Crippen LogP) is 2.92. The van der Waals surface area contributed by atoms with Crippen LogP contribution < -0.4 is 5.73 Å². The summed E-state index contributed by atoms with van der Waals surface area (Å²) in [6.45, 7) is 4.95. The maximum Gasteiger partial charge on any atom is 0.223 e. The van der Waals surface area contributed by atoms with E-state index in [9.17, 15) is 4.79 Å². The summed E-state index contributed by atoms with van der Waals surface area (Å²) in [4.78, 5) is 14.8. The zero-order valence-electron chi connectivity index (χ0n) is 14.7. The number of anilines is 1. The minimum atomic E-state index is 0.166. The number of rotatable bonds is 4. The summed E-state index contributed by atoms with van der Waals surface area (Å²) in [5.41, 5.74) is 11.2. The van der Waals surface area contributed by atoms with Gasteiger partial charge in [-0.25, -0.2) is 0 Å². The van der Waals surface area contributed by atoms with Gasteiger partial charge in [0.25, 0.3) is 0 Å². The van der Waals surface area contributed by atoms with Gasteiger partial charge in [0.2, 0.25) is 5.91 Å². The van der Waals surface area contributed by atoms with Gasteiger partial charge in [-0.15, -0.1) is 0 Å². The highest BCUT2D eigenvalue weighted by atomic mass is 16.2. The Morgan fingerprint density at radius 2 is 2.08 bits per heavy atom. The van der Waals surface area contributed by atoms with Crippen LogP contribution in [0.2, 0.25) is 0 Å². The van der Waals surface area contributed by atoms with Crippen molar-refractivity contribution in [3.05, 3.63) is 46.8 Å². The van der Waals surface area contributed by atoms with Gasteiger partial charge in [0.1, 0.15) is 0 Å². The first-order valence-corrected chi connectivity index (χ1v) is 8.62. The largest absolute Gasteiger partial charge is 0.399 e. The molecule has 2 heterocycles. The summed E-state index contributed by atoms with van der Waals surface area (Å²) in [5.74, 6) is 0.211. The van der Waals surface area contributed by atoms with Gasteiger partial charge in [0, 0.05) is 37.0 Å². The summed E-state index contributed by atoms with van der Waals surface area (Å²) in [6.07, 6.45) is 3.27. The van der Waals surface area contributed by atoms with Crippen LogP contribution in [0.1, 0.15) is 47.8 Å². The highest BCUT2D eigenvalue weighted by molar-refractivity contribution is 5.77. The Hall–Kier alpha value is -2.30. The molecule has 3 rings (SSSR count). The SMILES string of the molecule is Cc1nn(C)c(C)c1C1CCCN1C(=O)CCc1ccccc1N. The quantitative estimate of drug-likeness (QED) is 0.879. The lowest BCUT2D eigenvalue weighted by Crippen LogP contribution is -2.31. The van der Waals surface area contributed by atoms with Crippen LogP contribution in [0.5, 0.6) is 0 Å². The van der Waals surface area contributed by atoms with E-state index in [1.165, 1.54) is 5.56 Å². The first kappa shape index (κ1) is 16.6. The molecule has 1 amide bonds. The summed E-state index contributed by atoms with van der Waals surface area (Å²) >= 11 is 0. The fourth-order valence-corrected chi connectivity index (χ4v) is 3.78. The molecule has 24 heavy (non-hydrogen) atoms. The summed E-state index contributed by atoms with van der Waals surface area (Å²) in [6, 6.07) is 7.95. The monoisotopic (exact) mass is 326 g/mol. The molecule has 1 aliphatic heterocycles. The first-order valence-electron chi connectivity index (χ1n) is 8.62. The maximum absolute atomic E-state index is 12.8. The Kier molecular flexibility index (Phi) is 4.60.